The predicted molar refractivity (Wildman–Crippen MR) is 162 cm³/mol. The second kappa shape index (κ2) is 15.0. The van der Waals surface area contributed by atoms with E-state index in [4.69, 9.17) is 15.6 Å². The van der Waals surface area contributed by atoms with Gasteiger partial charge in [-0.1, -0.05) is 31.5 Å². The lowest BCUT2D eigenvalue weighted by atomic mass is 9.71. The fraction of sp³-hybridized carbons (Fsp3) is 0.545. The standard InChI is InChI=1S/C33H41F3N4O6/c1-2-9-25-22(10-8-18-40(25)30(44)28-24(33(34,35)36)12-7-17-38-28)29(43)39-19-15-32(16-20-39,31(37)45)23-11-3-4-13-26(23)46-21-6-5-14-27(41)42/h3-4,7,11-13,17,22,25H,2,5-6,8-10,14-16,18-21H2,1H3,(H2,37,45)(H,41,42). The number of primary amides is 1. The molecule has 2 aliphatic rings. The van der Waals surface area contributed by atoms with Crippen LogP contribution in [0.4, 0.5) is 13.2 Å². The average Bonchev–Trinajstić information content (AvgIpc) is 3.04. The van der Waals surface area contributed by atoms with Crippen LogP contribution in [0.1, 0.15) is 86.3 Å². The maximum atomic E-state index is 14.0. The van der Waals surface area contributed by atoms with Crippen molar-refractivity contribution < 1.29 is 42.2 Å². The van der Waals surface area contributed by atoms with Gasteiger partial charge in [-0.05, 0) is 63.1 Å². The molecule has 0 spiro atoms. The normalized spacial score (nSPS) is 19.8. The molecule has 2 saturated heterocycles. The number of para-hydroxylation sites is 1. The lowest BCUT2D eigenvalue weighted by Crippen LogP contribution is -2.57. The lowest BCUT2D eigenvalue weighted by molar-refractivity contribution is -0.143. The van der Waals surface area contributed by atoms with Gasteiger partial charge >= 0.3 is 12.1 Å². The van der Waals surface area contributed by atoms with E-state index in [0.29, 0.717) is 49.8 Å². The Morgan fingerprint density at radius 1 is 1.07 bits per heavy atom. The van der Waals surface area contributed by atoms with Crippen LogP contribution in [-0.2, 0) is 26.0 Å². The largest absolute Gasteiger partial charge is 0.493 e. The highest BCUT2D eigenvalue weighted by Crippen LogP contribution is 2.41. The number of carboxylic acids is 1. The van der Waals surface area contributed by atoms with Crippen molar-refractivity contribution in [2.75, 3.05) is 26.2 Å². The smallest absolute Gasteiger partial charge is 0.418 e. The highest BCUT2D eigenvalue weighted by Gasteiger charge is 2.47. The molecule has 2 aromatic rings. The van der Waals surface area contributed by atoms with Crippen LogP contribution in [-0.4, -0.2) is 75.9 Å². The van der Waals surface area contributed by atoms with E-state index in [0.717, 1.165) is 18.3 Å². The summed E-state index contributed by atoms with van der Waals surface area (Å²) in [7, 11) is 0. The van der Waals surface area contributed by atoms with Gasteiger partial charge in [0.25, 0.3) is 5.91 Å². The number of aliphatic carboxylic acids is 1. The summed E-state index contributed by atoms with van der Waals surface area (Å²) in [5.41, 5.74) is 3.73. The van der Waals surface area contributed by atoms with Crippen LogP contribution in [0.5, 0.6) is 5.75 Å². The number of pyridine rings is 1. The first kappa shape index (κ1) is 34.7. The Kier molecular flexibility index (Phi) is 11.3. The number of ether oxygens (including phenoxy) is 1. The van der Waals surface area contributed by atoms with E-state index in [1.54, 1.807) is 29.2 Å². The zero-order valence-electron chi connectivity index (χ0n) is 25.9. The molecular weight excluding hydrogens is 605 g/mol. The number of carboxylic acid groups (broad SMARTS) is 1. The maximum Gasteiger partial charge on any atom is 0.418 e. The predicted octanol–water partition coefficient (Wildman–Crippen LogP) is 4.80. The number of unbranched alkanes of at least 4 members (excludes halogenated alkanes) is 1. The Bertz CT molecular complexity index is 1410. The number of likely N-dealkylation sites (tertiary alicyclic amines) is 2. The number of hydrogen-bond acceptors (Lipinski definition) is 6. The molecule has 0 saturated carbocycles. The van der Waals surface area contributed by atoms with E-state index in [1.807, 2.05) is 6.92 Å². The molecule has 46 heavy (non-hydrogen) atoms. The molecule has 13 heteroatoms. The van der Waals surface area contributed by atoms with Crippen molar-refractivity contribution in [1.82, 2.24) is 14.8 Å². The molecule has 2 fully saturated rings. The zero-order valence-corrected chi connectivity index (χ0v) is 25.9. The van der Waals surface area contributed by atoms with Crippen LogP contribution < -0.4 is 10.5 Å². The molecule has 0 aliphatic carbocycles. The van der Waals surface area contributed by atoms with E-state index in [-0.39, 0.29) is 51.4 Å². The number of piperidine rings is 2. The summed E-state index contributed by atoms with van der Waals surface area (Å²) in [5.74, 6) is -2.60. The number of carbonyl (C=O) groups excluding carboxylic acids is 3. The summed E-state index contributed by atoms with van der Waals surface area (Å²) in [6.07, 6.45) is -0.131. The molecule has 3 amide bonds. The Morgan fingerprint density at radius 3 is 2.43 bits per heavy atom. The molecule has 1 aromatic heterocycles. The van der Waals surface area contributed by atoms with Gasteiger partial charge in [-0.25, -0.2) is 0 Å². The fourth-order valence-electron chi connectivity index (χ4n) is 6.73. The Labute approximate surface area is 266 Å². The number of hydrogen-bond donors (Lipinski definition) is 2. The first-order valence-electron chi connectivity index (χ1n) is 15.8. The first-order valence-corrected chi connectivity index (χ1v) is 15.8. The highest BCUT2D eigenvalue weighted by atomic mass is 19.4. The maximum absolute atomic E-state index is 14.0. The molecule has 1 aromatic carbocycles. The number of alkyl halides is 3. The first-order chi connectivity index (χ1) is 21.9. The van der Waals surface area contributed by atoms with E-state index >= 15 is 0 Å². The van der Waals surface area contributed by atoms with Crippen LogP contribution in [0, 0.1) is 5.92 Å². The minimum atomic E-state index is -4.75. The molecular formula is C33H41F3N4O6. The van der Waals surface area contributed by atoms with Gasteiger partial charge in [-0.2, -0.15) is 13.2 Å². The molecule has 250 valence electrons. The van der Waals surface area contributed by atoms with Gasteiger partial charge in [0.1, 0.15) is 11.4 Å². The van der Waals surface area contributed by atoms with Gasteiger partial charge in [0.2, 0.25) is 11.8 Å². The fourth-order valence-corrected chi connectivity index (χ4v) is 6.73. The van der Waals surface area contributed by atoms with Crippen LogP contribution in [0.2, 0.25) is 0 Å². The summed E-state index contributed by atoms with van der Waals surface area (Å²) in [6, 6.07) is 8.46. The zero-order chi connectivity index (χ0) is 33.5. The van der Waals surface area contributed by atoms with Gasteiger partial charge in [0.15, 0.2) is 0 Å². The van der Waals surface area contributed by atoms with Crippen molar-refractivity contribution in [2.24, 2.45) is 11.7 Å². The SMILES string of the molecule is CCCC1C(C(=O)N2CCC(C(N)=O)(c3ccccc3OCCCCC(=O)O)CC2)CCCN1C(=O)c1ncccc1C(F)(F)F. The van der Waals surface area contributed by atoms with E-state index in [1.165, 1.54) is 4.90 Å². The van der Waals surface area contributed by atoms with Gasteiger partial charge in [-0.3, -0.25) is 24.2 Å². The highest BCUT2D eigenvalue weighted by molar-refractivity contribution is 5.95. The topological polar surface area (TPSA) is 143 Å². The van der Waals surface area contributed by atoms with Gasteiger partial charge < -0.3 is 25.4 Å². The molecule has 0 radical (unpaired) electrons. The van der Waals surface area contributed by atoms with Gasteiger partial charge in [0, 0.05) is 43.9 Å². The lowest BCUT2D eigenvalue weighted by Gasteiger charge is -2.45. The summed E-state index contributed by atoms with van der Waals surface area (Å²) in [6.45, 7) is 2.82. The Balaban J connectivity index is 1.50. The number of amides is 3. The number of nitrogens with two attached hydrogens (primary N) is 1. The quantitative estimate of drug-likeness (QED) is 0.316. The number of benzene rings is 1. The van der Waals surface area contributed by atoms with Crippen LogP contribution in [0.3, 0.4) is 0 Å². The van der Waals surface area contributed by atoms with Crippen molar-refractivity contribution in [3.05, 3.63) is 59.4 Å². The average molecular weight is 647 g/mol. The van der Waals surface area contributed by atoms with Gasteiger partial charge in [-0.15, -0.1) is 0 Å². The summed E-state index contributed by atoms with van der Waals surface area (Å²) in [4.78, 5) is 58.2. The minimum Gasteiger partial charge on any atom is -0.493 e. The van der Waals surface area contributed by atoms with Crippen molar-refractivity contribution in [3.63, 3.8) is 0 Å². The van der Waals surface area contributed by atoms with Crippen molar-refractivity contribution in [1.29, 1.82) is 0 Å². The van der Waals surface area contributed by atoms with Gasteiger partial charge in [0.05, 0.1) is 23.5 Å². The van der Waals surface area contributed by atoms with Crippen LogP contribution in [0.25, 0.3) is 0 Å². The number of carbonyl (C=O) groups is 4. The third-order valence-corrected chi connectivity index (χ3v) is 9.10. The minimum absolute atomic E-state index is 0.0316. The second-order valence-corrected chi connectivity index (χ2v) is 12.0. The summed E-state index contributed by atoms with van der Waals surface area (Å²) >= 11 is 0. The monoisotopic (exact) mass is 646 g/mol. The van der Waals surface area contributed by atoms with Crippen LogP contribution >= 0.6 is 0 Å². The molecule has 2 aliphatic heterocycles. The molecule has 3 heterocycles. The molecule has 2 unspecified atom stereocenters. The summed E-state index contributed by atoms with van der Waals surface area (Å²) < 4.78 is 47.1. The molecule has 0 bridgehead atoms. The Morgan fingerprint density at radius 2 is 1.78 bits per heavy atom. The summed E-state index contributed by atoms with van der Waals surface area (Å²) in [5, 5.41) is 8.87. The third-order valence-electron chi connectivity index (χ3n) is 9.10. The number of aromatic nitrogens is 1. The second-order valence-electron chi connectivity index (χ2n) is 12.0. The van der Waals surface area contributed by atoms with Crippen molar-refractivity contribution in [2.45, 2.75) is 82.3 Å². The van der Waals surface area contributed by atoms with Crippen molar-refractivity contribution in [3.8, 4) is 5.75 Å². The molecule has 4 rings (SSSR count). The number of nitrogens with zero attached hydrogens (tertiary/aromatic N) is 3. The van der Waals surface area contributed by atoms with E-state index in [2.05, 4.69) is 4.98 Å². The molecule has 3 N–H and O–H groups in total. The van der Waals surface area contributed by atoms with E-state index in [9.17, 15) is 32.3 Å². The van der Waals surface area contributed by atoms with Crippen molar-refractivity contribution >= 4 is 23.7 Å². The Hall–Kier alpha value is -4.16. The molecule has 10 nitrogen and oxygen atoms in total. The van der Waals surface area contributed by atoms with E-state index < -0.39 is 52.6 Å². The number of rotatable bonds is 12. The third kappa shape index (κ3) is 7.61. The molecule has 2 atom stereocenters. The van der Waals surface area contributed by atoms with Crippen LogP contribution in [0.15, 0.2) is 42.6 Å². The number of halogens is 3.